The topological polar surface area (TPSA) is 26.3 Å². The molecule has 0 saturated heterocycles. The molecule has 1 aliphatic rings. The lowest BCUT2D eigenvalue weighted by Gasteiger charge is -2.03. The van der Waals surface area contributed by atoms with Gasteiger partial charge in [0.15, 0.2) is 0 Å². The zero-order valence-electron chi connectivity index (χ0n) is 5.22. The van der Waals surface area contributed by atoms with Crippen molar-refractivity contribution in [2.75, 3.05) is 0 Å². The Kier molecular flexibility index (Phi) is 2.37. The highest BCUT2D eigenvalue weighted by molar-refractivity contribution is 7.81. The van der Waals surface area contributed by atoms with E-state index in [0.717, 1.165) is 12.8 Å². The van der Waals surface area contributed by atoms with Crippen molar-refractivity contribution >= 4 is 18.3 Å². The molecule has 0 aromatic heterocycles. The van der Waals surface area contributed by atoms with Crippen molar-refractivity contribution in [3.63, 3.8) is 0 Å². The summed E-state index contributed by atoms with van der Waals surface area (Å²) in [4.78, 5) is 0. The molecule has 0 bridgehead atoms. The van der Waals surface area contributed by atoms with Crippen LogP contribution < -0.4 is 0 Å². The van der Waals surface area contributed by atoms with Crippen LogP contribution in [0.2, 0.25) is 0 Å². The molecule has 0 heterocycles. The fourth-order valence-electron chi connectivity index (χ4n) is 0.861. The maximum atomic E-state index is 12.1. The minimum absolute atomic E-state index is 0.417. The van der Waals surface area contributed by atoms with Crippen molar-refractivity contribution in [3.8, 4) is 0 Å². The summed E-state index contributed by atoms with van der Waals surface area (Å²) >= 11 is 4.74. The Hall–Kier alpha value is -0.0100. The Labute approximate surface area is 63.4 Å². The maximum absolute atomic E-state index is 12.1. The van der Waals surface area contributed by atoms with Gasteiger partial charge in [-0.3, -0.25) is 0 Å². The average Bonchev–Trinajstić information content (AvgIpc) is 2.12. The Morgan fingerprint density at radius 1 is 1.80 bits per heavy atom. The van der Waals surface area contributed by atoms with Crippen molar-refractivity contribution in [3.05, 3.63) is 11.8 Å². The van der Waals surface area contributed by atoms with E-state index in [2.05, 4.69) is 4.52 Å². The van der Waals surface area contributed by atoms with Gasteiger partial charge in [-0.2, -0.15) is 0 Å². The molecule has 2 nitrogen and oxygen atoms in total. The SMILES string of the molecule is O=P(F)(Cl)OC1=CCCC1. The van der Waals surface area contributed by atoms with Gasteiger partial charge < -0.3 is 4.52 Å². The van der Waals surface area contributed by atoms with E-state index in [1.54, 1.807) is 6.08 Å². The molecule has 58 valence electrons. The third kappa shape index (κ3) is 2.72. The lowest BCUT2D eigenvalue weighted by molar-refractivity contribution is 0.373. The molecule has 5 heteroatoms. The fourth-order valence-corrected chi connectivity index (χ4v) is 1.57. The molecule has 0 spiro atoms. The van der Waals surface area contributed by atoms with Crippen molar-refractivity contribution in [2.24, 2.45) is 0 Å². The lowest BCUT2D eigenvalue weighted by Crippen LogP contribution is -1.78. The van der Waals surface area contributed by atoms with E-state index in [-0.39, 0.29) is 0 Å². The fraction of sp³-hybridized carbons (Fsp3) is 0.600. The molecule has 0 aromatic carbocycles. The van der Waals surface area contributed by atoms with Crippen LogP contribution in [0.5, 0.6) is 0 Å². The Balaban J connectivity index is 2.46. The van der Waals surface area contributed by atoms with Gasteiger partial charge in [-0.05, 0) is 18.9 Å². The van der Waals surface area contributed by atoms with E-state index in [4.69, 9.17) is 11.2 Å². The summed E-state index contributed by atoms with van der Waals surface area (Å²) in [5.74, 6) is 0.417. The van der Waals surface area contributed by atoms with Gasteiger partial charge in [-0.1, -0.05) is 0 Å². The van der Waals surface area contributed by atoms with Crippen LogP contribution in [0.25, 0.3) is 0 Å². The summed E-state index contributed by atoms with van der Waals surface area (Å²) in [6.07, 6.45) is 4.12. The molecule has 1 rings (SSSR count). The second-order valence-corrected chi connectivity index (χ2v) is 4.29. The van der Waals surface area contributed by atoms with Crippen LogP contribution in [-0.2, 0) is 9.09 Å². The van der Waals surface area contributed by atoms with E-state index < -0.39 is 7.03 Å². The summed E-state index contributed by atoms with van der Waals surface area (Å²) in [5.41, 5.74) is 0. The first-order chi connectivity index (χ1) is 4.58. The van der Waals surface area contributed by atoms with Crippen molar-refractivity contribution in [1.82, 2.24) is 0 Å². The Morgan fingerprint density at radius 2 is 2.50 bits per heavy atom. The maximum Gasteiger partial charge on any atom is 0.514 e. The van der Waals surface area contributed by atoms with Crippen LogP contribution in [0.3, 0.4) is 0 Å². The standard InChI is InChI=1S/C5H7ClFO2P/c6-10(7,8)9-5-3-1-2-4-5/h3H,1-2,4H2. The normalized spacial score (nSPS) is 23.6. The first kappa shape index (κ1) is 8.09. The molecule has 0 saturated carbocycles. The van der Waals surface area contributed by atoms with E-state index in [0.29, 0.717) is 12.2 Å². The minimum Gasteiger partial charge on any atom is -0.415 e. The molecule has 10 heavy (non-hydrogen) atoms. The molecule has 0 aromatic rings. The van der Waals surface area contributed by atoms with E-state index in [9.17, 15) is 8.76 Å². The van der Waals surface area contributed by atoms with Crippen molar-refractivity contribution < 1.29 is 13.3 Å². The van der Waals surface area contributed by atoms with Gasteiger partial charge in [-0.25, -0.2) is 4.57 Å². The molecule has 0 amide bonds. The summed E-state index contributed by atoms with van der Waals surface area (Å²) in [7, 11) is -4.31. The first-order valence-electron chi connectivity index (χ1n) is 2.96. The second kappa shape index (κ2) is 2.93. The Morgan fingerprint density at radius 3 is 2.90 bits per heavy atom. The predicted molar refractivity (Wildman–Crippen MR) is 37.6 cm³/mol. The summed E-state index contributed by atoms with van der Waals surface area (Å²) in [5, 5.41) is 0. The van der Waals surface area contributed by atoms with Crippen molar-refractivity contribution in [2.45, 2.75) is 19.3 Å². The zero-order valence-corrected chi connectivity index (χ0v) is 6.87. The summed E-state index contributed by atoms with van der Waals surface area (Å²) < 4.78 is 26.6. The van der Waals surface area contributed by atoms with E-state index >= 15 is 0 Å². The monoisotopic (exact) mass is 184 g/mol. The molecule has 1 aliphatic carbocycles. The molecule has 1 atom stereocenters. The number of rotatable bonds is 2. The van der Waals surface area contributed by atoms with Crippen LogP contribution >= 0.6 is 18.3 Å². The third-order valence-electron chi connectivity index (χ3n) is 1.22. The molecule has 0 radical (unpaired) electrons. The summed E-state index contributed by atoms with van der Waals surface area (Å²) in [6, 6.07) is 0. The lowest BCUT2D eigenvalue weighted by atomic mass is 10.4. The molecular weight excluding hydrogens is 177 g/mol. The predicted octanol–water partition coefficient (Wildman–Crippen LogP) is 3.39. The van der Waals surface area contributed by atoms with Crippen LogP contribution in [-0.4, -0.2) is 0 Å². The number of allylic oxidation sites excluding steroid dienone is 2. The van der Waals surface area contributed by atoms with Crippen LogP contribution in [0.4, 0.5) is 4.20 Å². The number of hydrogen-bond donors (Lipinski definition) is 0. The summed E-state index contributed by atoms with van der Waals surface area (Å²) in [6.45, 7) is 0. The van der Waals surface area contributed by atoms with Gasteiger partial charge >= 0.3 is 7.03 Å². The minimum atomic E-state index is -4.31. The van der Waals surface area contributed by atoms with Gasteiger partial charge in [0, 0.05) is 17.7 Å². The van der Waals surface area contributed by atoms with Crippen LogP contribution in [0.15, 0.2) is 11.8 Å². The van der Waals surface area contributed by atoms with Crippen molar-refractivity contribution in [1.29, 1.82) is 0 Å². The average molecular weight is 185 g/mol. The molecule has 0 aliphatic heterocycles. The molecular formula is C5H7ClFO2P. The van der Waals surface area contributed by atoms with Gasteiger partial charge in [0.2, 0.25) is 0 Å². The van der Waals surface area contributed by atoms with Crippen LogP contribution in [0.1, 0.15) is 19.3 Å². The smallest absolute Gasteiger partial charge is 0.415 e. The largest absolute Gasteiger partial charge is 0.514 e. The third-order valence-corrected chi connectivity index (χ3v) is 1.88. The highest BCUT2D eigenvalue weighted by Crippen LogP contribution is 2.56. The number of halogens is 2. The van der Waals surface area contributed by atoms with Gasteiger partial charge in [0.05, 0.1) is 0 Å². The molecule has 0 N–H and O–H groups in total. The quantitative estimate of drug-likeness (QED) is 0.615. The van der Waals surface area contributed by atoms with Gasteiger partial charge in [0.1, 0.15) is 5.76 Å². The highest BCUT2D eigenvalue weighted by atomic mass is 35.7. The molecule has 0 fully saturated rings. The second-order valence-electron chi connectivity index (χ2n) is 2.07. The first-order valence-corrected chi connectivity index (χ1v) is 5.38. The number of hydrogen-bond acceptors (Lipinski definition) is 2. The van der Waals surface area contributed by atoms with Gasteiger partial charge in [-0.15, -0.1) is 4.20 Å². The van der Waals surface area contributed by atoms with Gasteiger partial charge in [0.25, 0.3) is 0 Å². The van der Waals surface area contributed by atoms with Crippen LogP contribution in [0, 0.1) is 0 Å². The Bertz CT molecular complexity index is 198. The van der Waals surface area contributed by atoms with E-state index in [1.807, 2.05) is 0 Å². The van der Waals surface area contributed by atoms with E-state index in [1.165, 1.54) is 0 Å². The zero-order chi connectivity index (χ0) is 7.61. The molecule has 1 unspecified atom stereocenters. The highest BCUT2D eigenvalue weighted by Gasteiger charge is 2.21.